The first kappa shape index (κ1) is 11.5. The number of nitrogens with zero attached hydrogens (tertiary/aromatic N) is 1. The van der Waals surface area contributed by atoms with Crippen molar-refractivity contribution >= 4 is 6.09 Å². The Kier molecular flexibility index (Phi) is 3.34. The second-order valence-corrected chi connectivity index (χ2v) is 3.62. The maximum absolute atomic E-state index is 10.9. The fourth-order valence-corrected chi connectivity index (χ4v) is 1.62. The van der Waals surface area contributed by atoms with Crippen molar-refractivity contribution in [2.45, 2.75) is 6.54 Å². The molecule has 0 aromatic heterocycles. The van der Waals surface area contributed by atoms with Crippen molar-refractivity contribution in [3.05, 3.63) is 23.8 Å². The van der Waals surface area contributed by atoms with E-state index in [0.717, 1.165) is 10.5 Å². The lowest BCUT2D eigenvalue weighted by atomic mass is 10.2. The fourth-order valence-electron chi connectivity index (χ4n) is 1.62. The Morgan fingerprint density at radius 1 is 1.35 bits per heavy atom. The number of fused-ring (bicyclic) bond motifs is 1. The minimum atomic E-state index is -1.06. The molecule has 0 radical (unpaired) electrons. The minimum Gasteiger partial charge on any atom is -0.465 e. The normalized spacial score (nSPS) is 12.5. The van der Waals surface area contributed by atoms with Crippen LogP contribution in [0.4, 0.5) is 4.79 Å². The summed E-state index contributed by atoms with van der Waals surface area (Å²) in [5, 5.41) is 17.7. The molecule has 0 bridgehead atoms. The lowest BCUT2D eigenvalue weighted by Crippen LogP contribution is -2.31. The molecule has 0 saturated heterocycles. The van der Waals surface area contributed by atoms with Gasteiger partial charge in [-0.3, -0.25) is 0 Å². The molecule has 1 aliphatic heterocycles. The Labute approximate surface area is 98.0 Å². The Morgan fingerprint density at radius 2 is 2.12 bits per heavy atom. The summed E-state index contributed by atoms with van der Waals surface area (Å²) in [5.41, 5.74) is 0.796. The van der Waals surface area contributed by atoms with Crippen molar-refractivity contribution in [2.24, 2.45) is 0 Å². The number of amides is 1. The number of aliphatic hydroxyl groups excluding tert-OH is 1. The van der Waals surface area contributed by atoms with Crippen LogP contribution in [-0.2, 0) is 6.54 Å². The lowest BCUT2D eigenvalue weighted by molar-refractivity contribution is 0.129. The van der Waals surface area contributed by atoms with E-state index in [1.165, 1.54) is 0 Å². The molecule has 1 aromatic rings. The molecule has 2 N–H and O–H groups in total. The van der Waals surface area contributed by atoms with Crippen molar-refractivity contribution in [3.8, 4) is 11.5 Å². The third-order valence-electron chi connectivity index (χ3n) is 2.45. The average Bonchev–Trinajstić information content (AvgIpc) is 2.75. The minimum absolute atomic E-state index is 0.0871. The van der Waals surface area contributed by atoms with E-state index in [0.29, 0.717) is 11.5 Å². The summed E-state index contributed by atoms with van der Waals surface area (Å²) >= 11 is 0. The van der Waals surface area contributed by atoms with Gasteiger partial charge in [-0.15, -0.1) is 0 Å². The standard InChI is InChI=1S/C11H13NO5/c13-4-3-12(11(14)15)6-8-1-2-9-10(5-8)17-7-16-9/h1-2,5,13H,3-4,6-7H2,(H,14,15). The Hall–Kier alpha value is -1.95. The van der Waals surface area contributed by atoms with Gasteiger partial charge in [0, 0.05) is 13.1 Å². The SMILES string of the molecule is O=C(O)N(CCO)Cc1ccc2c(c1)OCO2. The van der Waals surface area contributed by atoms with Crippen LogP contribution in [0.15, 0.2) is 18.2 Å². The maximum atomic E-state index is 10.9. The van der Waals surface area contributed by atoms with Gasteiger partial charge in [0.05, 0.1) is 6.61 Å². The molecule has 17 heavy (non-hydrogen) atoms. The van der Waals surface area contributed by atoms with E-state index < -0.39 is 6.09 Å². The monoisotopic (exact) mass is 239 g/mol. The number of hydrogen-bond donors (Lipinski definition) is 2. The van der Waals surface area contributed by atoms with Gasteiger partial charge in [-0.25, -0.2) is 4.79 Å². The van der Waals surface area contributed by atoms with E-state index in [2.05, 4.69) is 0 Å². The Bertz CT molecular complexity index is 420. The van der Waals surface area contributed by atoms with E-state index in [1.54, 1.807) is 18.2 Å². The number of hydrogen-bond acceptors (Lipinski definition) is 4. The summed E-state index contributed by atoms with van der Waals surface area (Å²) in [6, 6.07) is 5.27. The number of carboxylic acid groups (broad SMARTS) is 1. The number of rotatable bonds is 4. The van der Waals surface area contributed by atoms with Crippen LogP contribution < -0.4 is 9.47 Å². The van der Waals surface area contributed by atoms with Crippen LogP contribution in [0.3, 0.4) is 0 Å². The summed E-state index contributed by atoms with van der Waals surface area (Å²) in [7, 11) is 0. The molecule has 6 nitrogen and oxygen atoms in total. The number of ether oxygens (including phenoxy) is 2. The zero-order chi connectivity index (χ0) is 12.3. The molecular weight excluding hydrogens is 226 g/mol. The highest BCUT2D eigenvalue weighted by Gasteiger charge is 2.16. The zero-order valence-corrected chi connectivity index (χ0v) is 9.13. The second-order valence-electron chi connectivity index (χ2n) is 3.62. The van der Waals surface area contributed by atoms with Gasteiger partial charge in [-0.05, 0) is 17.7 Å². The highest BCUT2D eigenvalue weighted by molar-refractivity contribution is 5.65. The number of aliphatic hydroxyl groups is 1. The lowest BCUT2D eigenvalue weighted by Gasteiger charge is -2.17. The van der Waals surface area contributed by atoms with Crippen LogP contribution >= 0.6 is 0 Å². The average molecular weight is 239 g/mol. The van der Waals surface area contributed by atoms with Crippen LogP contribution in [0.2, 0.25) is 0 Å². The van der Waals surface area contributed by atoms with E-state index >= 15 is 0 Å². The van der Waals surface area contributed by atoms with E-state index in [9.17, 15) is 4.79 Å². The number of benzene rings is 1. The Balaban J connectivity index is 2.09. The summed E-state index contributed by atoms with van der Waals surface area (Å²) < 4.78 is 10.4. The highest BCUT2D eigenvalue weighted by Crippen LogP contribution is 2.32. The molecule has 1 heterocycles. The summed E-state index contributed by atoms with van der Waals surface area (Å²) in [6.07, 6.45) is -1.06. The van der Waals surface area contributed by atoms with E-state index in [4.69, 9.17) is 19.7 Å². The first-order valence-corrected chi connectivity index (χ1v) is 5.18. The zero-order valence-electron chi connectivity index (χ0n) is 9.13. The molecule has 6 heteroatoms. The molecule has 0 saturated carbocycles. The predicted molar refractivity (Wildman–Crippen MR) is 58.1 cm³/mol. The molecule has 92 valence electrons. The summed E-state index contributed by atoms with van der Waals surface area (Å²) in [6.45, 7) is 0.297. The first-order valence-electron chi connectivity index (χ1n) is 5.18. The van der Waals surface area contributed by atoms with Crippen molar-refractivity contribution in [1.82, 2.24) is 4.90 Å². The number of carbonyl (C=O) groups is 1. The van der Waals surface area contributed by atoms with Crippen LogP contribution in [-0.4, -0.2) is 41.2 Å². The molecule has 1 aromatic carbocycles. The fraction of sp³-hybridized carbons (Fsp3) is 0.364. The topological polar surface area (TPSA) is 79.2 Å². The van der Waals surface area contributed by atoms with Gasteiger partial charge in [-0.1, -0.05) is 6.07 Å². The van der Waals surface area contributed by atoms with Crippen LogP contribution in [0.1, 0.15) is 5.56 Å². The molecule has 0 atom stereocenters. The van der Waals surface area contributed by atoms with Gasteiger partial charge < -0.3 is 24.6 Å². The molecule has 0 fully saturated rings. The summed E-state index contributed by atoms with van der Waals surface area (Å²) in [4.78, 5) is 12.0. The van der Waals surface area contributed by atoms with E-state index in [1.807, 2.05) is 0 Å². The second kappa shape index (κ2) is 4.92. The first-order chi connectivity index (χ1) is 8.20. The van der Waals surface area contributed by atoms with Gasteiger partial charge in [0.15, 0.2) is 11.5 Å². The highest BCUT2D eigenvalue weighted by atomic mass is 16.7. The van der Waals surface area contributed by atoms with Crippen molar-refractivity contribution < 1.29 is 24.5 Å². The summed E-state index contributed by atoms with van der Waals surface area (Å²) in [5.74, 6) is 1.29. The van der Waals surface area contributed by atoms with Crippen LogP contribution in [0.5, 0.6) is 11.5 Å². The third-order valence-corrected chi connectivity index (χ3v) is 2.45. The quantitative estimate of drug-likeness (QED) is 0.815. The molecule has 2 rings (SSSR count). The van der Waals surface area contributed by atoms with Crippen molar-refractivity contribution in [2.75, 3.05) is 19.9 Å². The molecule has 0 aliphatic carbocycles. The predicted octanol–water partition coefficient (Wildman–Crippen LogP) is 0.888. The third kappa shape index (κ3) is 2.59. The van der Waals surface area contributed by atoms with Gasteiger partial charge >= 0.3 is 6.09 Å². The van der Waals surface area contributed by atoms with Crippen LogP contribution in [0, 0.1) is 0 Å². The van der Waals surface area contributed by atoms with Crippen molar-refractivity contribution in [1.29, 1.82) is 0 Å². The van der Waals surface area contributed by atoms with Gasteiger partial charge in [0.25, 0.3) is 0 Å². The largest absolute Gasteiger partial charge is 0.465 e. The van der Waals surface area contributed by atoms with Crippen molar-refractivity contribution in [3.63, 3.8) is 0 Å². The Morgan fingerprint density at radius 3 is 2.82 bits per heavy atom. The van der Waals surface area contributed by atoms with Gasteiger partial charge in [0.1, 0.15) is 0 Å². The molecule has 1 aliphatic rings. The molecule has 0 unspecified atom stereocenters. The van der Waals surface area contributed by atoms with Crippen LogP contribution in [0.25, 0.3) is 0 Å². The van der Waals surface area contributed by atoms with E-state index in [-0.39, 0.29) is 26.5 Å². The van der Waals surface area contributed by atoms with Gasteiger partial charge in [0.2, 0.25) is 6.79 Å². The molecular formula is C11H13NO5. The maximum Gasteiger partial charge on any atom is 0.407 e. The molecule has 1 amide bonds. The van der Waals surface area contributed by atoms with Gasteiger partial charge in [-0.2, -0.15) is 0 Å². The smallest absolute Gasteiger partial charge is 0.407 e. The molecule has 0 spiro atoms.